The number of hydrogen-bond acceptors (Lipinski definition) is 5. The Bertz CT molecular complexity index is 760. The van der Waals surface area contributed by atoms with Gasteiger partial charge in [0.1, 0.15) is 5.75 Å². The van der Waals surface area contributed by atoms with E-state index in [1.807, 2.05) is 0 Å². The molecule has 0 unspecified atom stereocenters. The van der Waals surface area contributed by atoms with Crippen molar-refractivity contribution in [3.63, 3.8) is 0 Å². The van der Waals surface area contributed by atoms with Crippen LogP contribution in [0, 0.1) is 0 Å². The molecule has 0 radical (unpaired) electrons. The molecule has 2 rings (SSSR count). The lowest BCUT2D eigenvalue weighted by Crippen LogP contribution is -2.46. The maximum Gasteiger partial charge on any atom is 0.241 e. The molecule has 0 bridgehead atoms. The minimum atomic E-state index is -3.80. The van der Waals surface area contributed by atoms with Gasteiger partial charge in [0.25, 0.3) is 0 Å². The van der Waals surface area contributed by atoms with E-state index in [-0.39, 0.29) is 22.8 Å². The summed E-state index contributed by atoms with van der Waals surface area (Å²) in [7, 11) is -5.50. The van der Waals surface area contributed by atoms with Gasteiger partial charge >= 0.3 is 0 Å². The molecule has 0 saturated carbocycles. The van der Waals surface area contributed by atoms with Gasteiger partial charge in [0.2, 0.25) is 10.0 Å². The fraction of sp³-hybridized carbons (Fsp3) is 0.500. The highest BCUT2D eigenvalue weighted by atomic mass is 79.9. The van der Waals surface area contributed by atoms with E-state index in [2.05, 4.69) is 20.7 Å². The molecule has 1 atom stereocenters. The third-order valence-corrected chi connectivity index (χ3v) is 7.48. The van der Waals surface area contributed by atoms with Crippen molar-refractivity contribution < 1.29 is 21.6 Å². The molecule has 1 aromatic rings. The maximum atomic E-state index is 12.4. The van der Waals surface area contributed by atoms with Crippen LogP contribution in [0.15, 0.2) is 27.6 Å². The molecule has 0 spiro atoms. The van der Waals surface area contributed by atoms with Crippen molar-refractivity contribution in [2.24, 2.45) is 0 Å². The van der Waals surface area contributed by atoms with Gasteiger partial charge in [0.15, 0.2) is 9.84 Å². The molecule has 1 aromatic carbocycles. The quantitative estimate of drug-likeness (QED) is 0.826. The van der Waals surface area contributed by atoms with E-state index in [1.165, 1.54) is 25.3 Å². The van der Waals surface area contributed by atoms with Gasteiger partial charge in [-0.15, -0.1) is 0 Å². The van der Waals surface area contributed by atoms with Gasteiger partial charge in [0.05, 0.1) is 28.0 Å². The molecule has 1 heterocycles. The standard InChI is InChI=1S/C12H16BrNO5S2/c1-12(5-6-20(15,16)8-12)14-21(17,18)9-3-4-11(19-2)10(13)7-9/h3-4,7,14H,5-6,8H2,1-2H3/t12-/m0/s1. The van der Waals surface area contributed by atoms with Crippen LogP contribution in [-0.4, -0.2) is 41.0 Å². The Hall–Kier alpha value is -0.640. The van der Waals surface area contributed by atoms with Crippen LogP contribution in [-0.2, 0) is 19.9 Å². The van der Waals surface area contributed by atoms with Crippen LogP contribution in [0.4, 0.5) is 0 Å². The summed E-state index contributed by atoms with van der Waals surface area (Å²) in [6.45, 7) is 1.60. The number of methoxy groups -OCH3 is 1. The lowest BCUT2D eigenvalue weighted by molar-refractivity contribution is 0.411. The van der Waals surface area contributed by atoms with E-state index in [9.17, 15) is 16.8 Å². The first kappa shape index (κ1) is 16.7. The van der Waals surface area contributed by atoms with Gasteiger partial charge in [-0.05, 0) is 47.5 Å². The molecule has 1 saturated heterocycles. The van der Waals surface area contributed by atoms with Crippen molar-refractivity contribution in [1.29, 1.82) is 0 Å². The SMILES string of the molecule is COc1ccc(S(=O)(=O)N[C@@]2(C)CCS(=O)(=O)C2)cc1Br. The van der Waals surface area contributed by atoms with Gasteiger partial charge in [-0.1, -0.05) is 0 Å². The zero-order valence-electron chi connectivity index (χ0n) is 11.6. The van der Waals surface area contributed by atoms with Crippen LogP contribution in [0.25, 0.3) is 0 Å². The van der Waals surface area contributed by atoms with E-state index in [0.29, 0.717) is 10.2 Å². The predicted octanol–water partition coefficient (Wildman–Crippen LogP) is 1.31. The molecule has 0 aliphatic carbocycles. The van der Waals surface area contributed by atoms with Crippen molar-refractivity contribution >= 4 is 35.8 Å². The van der Waals surface area contributed by atoms with Crippen LogP contribution in [0.5, 0.6) is 5.75 Å². The normalized spacial score (nSPS) is 24.9. The highest BCUT2D eigenvalue weighted by Gasteiger charge is 2.41. The molecule has 0 amide bonds. The van der Waals surface area contributed by atoms with Gasteiger partial charge in [-0.3, -0.25) is 0 Å². The first-order chi connectivity index (χ1) is 9.57. The van der Waals surface area contributed by atoms with E-state index in [4.69, 9.17) is 4.74 Å². The Morgan fingerprint density at radius 2 is 2.05 bits per heavy atom. The summed E-state index contributed by atoms with van der Waals surface area (Å²) < 4.78 is 55.9. The van der Waals surface area contributed by atoms with Crippen LogP contribution < -0.4 is 9.46 Å². The molecular weight excluding hydrogens is 382 g/mol. The molecule has 1 fully saturated rings. The number of hydrogen-bond donors (Lipinski definition) is 1. The summed E-state index contributed by atoms with van der Waals surface area (Å²) >= 11 is 3.23. The number of ether oxygens (including phenoxy) is 1. The third kappa shape index (κ3) is 3.77. The average molecular weight is 398 g/mol. The third-order valence-electron chi connectivity index (χ3n) is 3.32. The van der Waals surface area contributed by atoms with E-state index in [0.717, 1.165) is 0 Å². The molecule has 118 valence electrons. The fourth-order valence-electron chi connectivity index (χ4n) is 2.29. The van der Waals surface area contributed by atoms with Gasteiger partial charge in [-0.25, -0.2) is 21.6 Å². The minimum absolute atomic E-state index is 0.00166. The predicted molar refractivity (Wildman–Crippen MR) is 82.7 cm³/mol. The number of sulfonamides is 1. The summed E-state index contributed by atoms with van der Waals surface area (Å²) in [5, 5.41) is 0. The van der Waals surface area contributed by atoms with Crippen LogP contribution >= 0.6 is 15.9 Å². The topological polar surface area (TPSA) is 89.5 Å². The van der Waals surface area contributed by atoms with Gasteiger partial charge < -0.3 is 4.74 Å². The summed E-state index contributed by atoms with van der Waals surface area (Å²) in [6, 6.07) is 4.37. The summed E-state index contributed by atoms with van der Waals surface area (Å²) in [4.78, 5) is 0.0562. The highest BCUT2D eigenvalue weighted by Crippen LogP contribution is 2.29. The highest BCUT2D eigenvalue weighted by molar-refractivity contribution is 9.10. The first-order valence-electron chi connectivity index (χ1n) is 6.15. The summed E-state index contributed by atoms with van der Waals surface area (Å²) in [6.07, 6.45) is 0.270. The average Bonchev–Trinajstić information content (AvgIpc) is 2.62. The van der Waals surface area contributed by atoms with Crippen LogP contribution in [0.2, 0.25) is 0 Å². The summed E-state index contributed by atoms with van der Waals surface area (Å²) in [5.74, 6) is 0.332. The molecule has 0 aromatic heterocycles. The first-order valence-corrected chi connectivity index (χ1v) is 10.2. The number of benzene rings is 1. The van der Waals surface area contributed by atoms with Crippen molar-refractivity contribution in [3.05, 3.63) is 22.7 Å². The second-order valence-corrected chi connectivity index (χ2v) is 10.0. The zero-order chi connectivity index (χ0) is 15.9. The Kier molecular flexibility index (Phi) is 4.40. The lowest BCUT2D eigenvalue weighted by atomic mass is 10.0. The van der Waals surface area contributed by atoms with E-state index < -0.39 is 25.4 Å². The largest absolute Gasteiger partial charge is 0.496 e. The number of rotatable bonds is 4. The number of nitrogens with one attached hydrogen (secondary N) is 1. The minimum Gasteiger partial charge on any atom is -0.496 e. The monoisotopic (exact) mass is 397 g/mol. The van der Waals surface area contributed by atoms with Crippen molar-refractivity contribution in [3.8, 4) is 5.75 Å². The van der Waals surface area contributed by atoms with Gasteiger partial charge in [-0.2, -0.15) is 0 Å². The van der Waals surface area contributed by atoms with Crippen LogP contribution in [0.3, 0.4) is 0 Å². The molecule has 1 aliphatic heterocycles. The molecule has 9 heteroatoms. The second kappa shape index (κ2) is 5.53. The summed E-state index contributed by atoms with van der Waals surface area (Å²) in [5.41, 5.74) is -0.968. The Morgan fingerprint density at radius 3 is 2.52 bits per heavy atom. The Balaban J connectivity index is 2.29. The van der Waals surface area contributed by atoms with Gasteiger partial charge in [0, 0.05) is 5.54 Å². The molecule has 1 aliphatic rings. The van der Waals surface area contributed by atoms with E-state index in [1.54, 1.807) is 6.92 Å². The Morgan fingerprint density at radius 1 is 1.38 bits per heavy atom. The zero-order valence-corrected chi connectivity index (χ0v) is 14.8. The smallest absolute Gasteiger partial charge is 0.241 e. The molecule has 6 nitrogen and oxygen atoms in total. The van der Waals surface area contributed by atoms with Crippen molar-refractivity contribution in [2.45, 2.75) is 23.8 Å². The number of sulfone groups is 1. The number of halogens is 1. The van der Waals surface area contributed by atoms with Crippen molar-refractivity contribution in [1.82, 2.24) is 4.72 Å². The van der Waals surface area contributed by atoms with Crippen LogP contribution in [0.1, 0.15) is 13.3 Å². The maximum absolute atomic E-state index is 12.4. The lowest BCUT2D eigenvalue weighted by Gasteiger charge is -2.23. The Labute approximate surface area is 133 Å². The van der Waals surface area contributed by atoms with Crippen molar-refractivity contribution in [2.75, 3.05) is 18.6 Å². The molecule has 1 N–H and O–H groups in total. The fourth-order valence-corrected chi connectivity index (χ4v) is 6.63. The molecule has 21 heavy (non-hydrogen) atoms. The van der Waals surface area contributed by atoms with E-state index >= 15 is 0 Å². The second-order valence-electron chi connectivity index (χ2n) is 5.30. The molecular formula is C12H16BrNO5S2.